The van der Waals surface area contributed by atoms with Crippen LogP contribution >= 0.6 is 0 Å². The normalized spacial score (nSPS) is 12.6. The molecule has 1 aromatic heterocycles. The topological polar surface area (TPSA) is 42.1 Å². The number of hydrogen-bond acceptors (Lipinski definition) is 2. The molecule has 2 aromatic rings. The second-order valence-corrected chi connectivity index (χ2v) is 5.04. The molecular formula is C16H21NO2. The number of aromatic nitrogens is 1. The highest BCUT2D eigenvalue weighted by atomic mass is 16.5. The van der Waals surface area contributed by atoms with Crippen LogP contribution < -0.4 is 0 Å². The summed E-state index contributed by atoms with van der Waals surface area (Å²) < 4.78 is 4.78. The van der Waals surface area contributed by atoms with E-state index in [1.54, 1.807) is 6.07 Å². The summed E-state index contributed by atoms with van der Waals surface area (Å²) in [6.07, 6.45) is 5.67. The number of fused-ring (bicyclic) bond motifs is 1. The van der Waals surface area contributed by atoms with Gasteiger partial charge in [0, 0.05) is 17.1 Å². The lowest BCUT2D eigenvalue weighted by molar-refractivity contribution is 0.0601. The second kappa shape index (κ2) is 5.91. The zero-order chi connectivity index (χ0) is 13.8. The van der Waals surface area contributed by atoms with Crippen molar-refractivity contribution in [2.75, 3.05) is 7.11 Å². The zero-order valence-electron chi connectivity index (χ0n) is 11.8. The largest absolute Gasteiger partial charge is 0.465 e. The average Bonchev–Trinajstić information content (AvgIpc) is 2.86. The van der Waals surface area contributed by atoms with Crippen LogP contribution in [0.4, 0.5) is 0 Å². The number of methoxy groups -OCH3 is 1. The Bertz CT molecular complexity index is 571. The summed E-state index contributed by atoms with van der Waals surface area (Å²) in [5.41, 5.74) is 2.97. The van der Waals surface area contributed by atoms with E-state index in [-0.39, 0.29) is 5.97 Å². The van der Waals surface area contributed by atoms with E-state index in [1.165, 1.54) is 31.9 Å². The molecule has 1 N–H and O–H groups in total. The van der Waals surface area contributed by atoms with E-state index in [0.29, 0.717) is 11.5 Å². The molecule has 1 atom stereocenters. The number of esters is 1. The van der Waals surface area contributed by atoms with Gasteiger partial charge < -0.3 is 9.72 Å². The number of nitrogens with one attached hydrogen (secondary N) is 1. The number of aromatic amines is 1. The molecule has 3 heteroatoms. The monoisotopic (exact) mass is 259 g/mol. The Hall–Kier alpha value is -1.77. The summed E-state index contributed by atoms with van der Waals surface area (Å²) in [5, 5.41) is 1.13. The fourth-order valence-electron chi connectivity index (χ4n) is 2.46. The van der Waals surface area contributed by atoms with E-state index in [1.807, 2.05) is 12.1 Å². The minimum atomic E-state index is -0.282. The van der Waals surface area contributed by atoms with E-state index in [0.717, 1.165) is 10.9 Å². The first-order chi connectivity index (χ1) is 9.17. The van der Waals surface area contributed by atoms with Gasteiger partial charge in [0.15, 0.2) is 0 Å². The minimum Gasteiger partial charge on any atom is -0.465 e. The third-order valence-electron chi connectivity index (χ3n) is 3.66. The van der Waals surface area contributed by atoms with Crippen molar-refractivity contribution in [2.24, 2.45) is 0 Å². The molecule has 1 aromatic carbocycles. The Morgan fingerprint density at radius 2 is 2.21 bits per heavy atom. The van der Waals surface area contributed by atoms with Gasteiger partial charge in [-0.15, -0.1) is 0 Å². The van der Waals surface area contributed by atoms with Crippen molar-refractivity contribution in [3.8, 4) is 0 Å². The SMILES string of the molecule is CCCCC(C)c1c[nH]c2ccc(C(=O)OC)cc12. The van der Waals surface area contributed by atoms with Gasteiger partial charge in [-0.25, -0.2) is 4.79 Å². The van der Waals surface area contributed by atoms with Crippen LogP contribution in [0.25, 0.3) is 10.9 Å². The molecule has 0 aliphatic carbocycles. The molecule has 0 saturated heterocycles. The second-order valence-electron chi connectivity index (χ2n) is 5.04. The zero-order valence-corrected chi connectivity index (χ0v) is 11.8. The highest BCUT2D eigenvalue weighted by Gasteiger charge is 2.13. The number of carbonyl (C=O) groups is 1. The molecule has 0 bridgehead atoms. The van der Waals surface area contributed by atoms with Crippen LogP contribution in [0.5, 0.6) is 0 Å². The molecule has 0 spiro atoms. The van der Waals surface area contributed by atoms with Gasteiger partial charge in [-0.2, -0.15) is 0 Å². The van der Waals surface area contributed by atoms with Gasteiger partial charge in [0.2, 0.25) is 0 Å². The Labute approximate surface area is 114 Å². The number of benzene rings is 1. The summed E-state index contributed by atoms with van der Waals surface area (Å²) in [6, 6.07) is 5.66. The molecule has 1 heterocycles. The molecule has 102 valence electrons. The van der Waals surface area contributed by atoms with Gasteiger partial charge in [-0.1, -0.05) is 26.7 Å². The first kappa shape index (κ1) is 13.7. The number of ether oxygens (including phenoxy) is 1. The molecule has 0 amide bonds. The van der Waals surface area contributed by atoms with Crippen molar-refractivity contribution in [1.29, 1.82) is 0 Å². The molecule has 1 unspecified atom stereocenters. The van der Waals surface area contributed by atoms with E-state index in [4.69, 9.17) is 4.74 Å². The lowest BCUT2D eigenvalue weighted by atomic mass is 9.94. The first-order valence-electron chi connectivity index (χ1n) is 6.86. The highest BCUT2D eigenvalue weighted by Crippen LogP contribution is 2.29. The maximum absolute atomic E-state index is 11.6. The summed E-state index contributed by atoms with van der Waals surface area (Å²) >= 11 is 0. The lowest BCUT2D eigenvalue weighted by Crippen LogP contribution is -2.00. The molecular weight excluding hydrogens is 238 g/mol. The molecule has 19 heavy (non-hydrogen) atoms. The Balaban J connectivity index is 2.36. The maximum atomic E-state index is 11.6. The van der Waals surface area contributed by atoms with Crippen LogP contribution in [0, 0.1) is 0 Å². The highest BCUT2D eigenvalue weighted by molar-refractivity contribution is 5.95. The van der Waals surface area contributed by atoms with Crippen molar-refractivity contribution < 1.29 is 9.53 Å². The van der Waals surface area contributed by atoms with Crippen LogP contribution in [-0.4, -0.2) is 18.1 Å². The third kappa shape index (κ3) is 2.80. The van der Waals surface area contributed by atoms with Gasteiger partial charge in [0.1, 0.15) is 0 Å². The van der Waals surface area contributed by atoms with Crippen LogP contribution in [0.2, 0.25) is 0 Å². The molecule has 3 nitrogen and oxygen atoms in total. The van der Waals surface area contributed by atoms with Gasteiger partial charge in [0.25, 0.3) is 0 Å². The molecule has 0 aliphatic heterocycles. The molecule has 0 radical (unpaired) electrons. The standard InChI is InChI=1S/C16H21NO2/c1-4-5-6-11(2)14-10-17-15-8-7-12(9-13(14)15)16(18)19-3/h7-11,17H,4-6H2,1-3H3. The molecule has 0 saturated carbocycles. The number of unbranched alkanes of at least 4 members (excludes halogenated alkanes) is 1. The van der Waals surface area contributed by atoms with E-state index < -0.39 is 0 Å². The summed E-state index contributed by atoms with van der Waals surface area (Å²) in [5.74, 6) is 0.219. The summed E-state index contributed by atoms with van der Waals surface area (Å²) in [7, 11) is 1.41. The van der Waals surface area contributed by atoms with Crippen molar-refractivity contribution in [1.82, 2.24) is 4.98 Å². The Morgan fingerprint density at radius 3 is 2.89 bits per heavy atom. The van der Waals surface area contributed by atoms with Crippen molar-refractivity contribution in [3.05, 3.63) is 35.5 Å². The lowest BCUT2D eigenvalue weighted by Gasteiger charge is -2.10. The van der Waals surface area contributed by atoms with E-state index >= 15 is 0 Å². The van der Waals surface area contributed by atoms with Gasteiger partial charge in [-0.05, 0) is 36.1 Å². The van der Waals surface area contributed by atoms with Gasteiger partial charge in [-0.3, -0.25) is 0 Å². The van der Waals surface area contributed by atoms with Crippen molar-refractivity contribution >= 4 is 16.9 Å². The predicted octanol–water partition coefficient (Wildman–Crippen LogP) is 4.25. The third-order valence-corrected chi connectivity index (χ3v) is 3.66. The fourth-order valence-corrected chi connectivity index (χ4v) is 2.46. The quantitative estimate of drug-likeness (QED) is 0.816. The molecule has 0 aliphatic rings. The van der Waals surface area contributed by atoms with Gasteiger partial charge >= 0.3 is 5.97 Å². The summed E-state index contributed by atoms with van der Waals surface area (Å²) in [6.45, 7) is 4.44. The summed E-state index contributed by atoms with van der Waals surface area (Å²) in [4.78, 5) is 14.9. The van der Waals surface area contributed by atoms with Crippen LogP contribution in [0.15, 0.2) is 24.4 Å². The molecule has 0 fully saturated rings. The number of hydrogen-bond donors (Lipinski definition) is 1. The smallest absolute Gasteiger partial charge is 0.337 e. The van der Waals surface area contributed by atoms with Crippen LogP contribution in [0.3, 0.4) is 0 Å². The van der Waals surface area contributed by atoms with Crippen molar-refractivity contribution in [2.45, 2.75) is 39.0 Å². The number of H-pyrrole nitrogens is 1. The van der Waals surface area contributed by atoms with Crippen LogP contribution in [0.1, 0.15) is 54.9 Å². The number of carbonyl (C=O) groups excluding carboxylic acids is 1. The minimum absolute atomic E-state index is 0.282. The van der Waals surface area contributed by atoms with Gasteiger partial charge in [0.05, 0.1) is 12.7 Å². The van der Waals surface area contributed by atoms with Crippen LogP contribution in [-0.2, 0) is 4.74 Å². The van der Waals surface area contributed by atoms with Crippen molar-refractivity contribution in [3.63, 3.8) is 0 Å². The first-order valence-corrected chi connectivity index (χ1v) is 6.86. The average molecular weight is 259 g/mol. The maximum Gasteiger partial charge on any atom is 0.337 e. The Kier molecular flexibility index (Phi) is 4.25. The molecule has 2 rings (SSSR count). The van der Waals surface area contributed by atoms with E-state index in [9.17, 15) is 4.79 Å². The van der Waals surface area contributed by atoms with E-state index in [2.05, 4.69) is 25.0 Å². The Morgan fingerprint density at radius 1 is 1.42 bits per heavy atom. The fraction of sp³-hybridized carbons (Fsp3) is 0.438. The predicted molar refractivity (Wildman–Crippen MR) is 77.6 cm³/mol. The number of rotatable bonds is 5.